The molecule has 25 heavy (non-hydrogen) atoms. The maximum absolute atomic E-state index is 12.4. The van der Waals surface area contributed by atoms with E-state index >= 15 is 0 Å². The fraction of sp³-hybridized carbons (Fsp3) is 0.500. The van der Waals surface area contributed by atoms with Gasteiger partial charge in [-0.05, 0) is 5.56 Å². The highest BCUT2D eigenvalue weighted by Gasteiger charge is 2.24. The molecule has 134 valence electrons. The molecule has 3 rings (SSSR count). The van der Waals surface area contributed by atoms with Crippen LogP contribution in [0.3, 0.4) is 0 Å². The summed E-state index contributed by atoms with van der Waals surface area (Å²) in [7, 11) is 1.74. The summed E-state index contributed by atoms with van der Waals surface area (Å²) in [6.07, 6.45) is 0.270. The normalized spacial score (nSPS) is 18.2. The Morgan fingerprint density at radius 1 is 1.32 bits per heavy atom. The quantitative estimate of drug-likeness (QED) is 0.793. The molecule has 0 aliphatic carbocycles. The van der Waals surface area contributed by atoms with Gasteiger partial charge in [-0.25, -0.2) is 0 Å². The summed E-state index contributed by atoms with van der Waals surface area (Å²) in [5.74, 6) is 0.967. The number of benzene rings is 1. The van der Waals surface area contributed by atoms with Crippen LogP contribution >= 0.6 is 0 Å². The molecule has 1 aliphatic rings. The number of carbonyl (C=O) groups is 1. The number of rotatable bonds is 6. The molecular weight excluding hydrogens is 320 g/mol. The van der Waals surface area contributed by atoms with Gasteiger partial charge in [-0.2, -0.15) is 0 Å². The van der Waals surface area contributed by atoms with Crippen LogP contribution in [0.15, 0.2) is 34.7 Å². The minimum Gasteiger partial charge on any atom is -0.424 e. The summed E-state index contributed by atoms with van der Waals surface area (Å²) in [6, 6.07) is 10.4. The summed E-state index contributed by atoms with van der Waals surface area (Å²) in [6.45, 7) is 5.23. The molecule has 1 unspecified atom stereocenters. The van der Waals surface area contributed by atoms with Crippen molar-refractivity contribution in [3.63, 3.8) is 0 Å². The number of amides is 1. The maximum Gasteiger partial charge on any atom is 0.235 e. The lowest BCUT2D eigenvalue weighted by atomic mass is 10.1. The smallest absolute Gasteiger partial charge is 0.235 e. The standard InChI is InChI=1S/C18H24N4O3/c1-14-19-20-17(25-14)13-21(2)18(23)10-16-12-22(8-9-24-16)11-15-6-4-3-5-7-15/h3-7,16H,8-13H2,1-2H3. The highest BCUT2D eigenvalue weighted by Crippen LogP contribution is 2.14. The summed E-state index contributed by atoms with van der Waals surface area (Å²) in [4.78, 5) is 16.4. The highest BCUT2D eigenvalue weighted by atomic mass is 16.5. The molecule has 0 saturated carbocycles. The first-order valence-corrected chi connectivity index (χ1v) is 8.51. The average molecular weight is 344 g/mol. The Morgan fingerprint density at radius 3 is 2.84 bits per heavy atom. The number of carbonyl (C=O) groups excluding carboxylic acids is 1. The van der Waals surface area contributed by atoms with Crippen molar-refractivity contribution in [2.75, 3.05) is 26.7 Å². The first-order chi connectivity index (χ1) is 12.1. The molecule has 0 N–H and O–H groups in total. The fourth-order valence-electron chi connectivity index (χ4n) is 2.93. The first-order valence-electron chi connectivity index (χ1n) is 8.51. The SMILES string of the molecule is Cc1nnc(CN(C)C(=O)CC2CN(Cc3ccccc3)CCO2)o1. The average Bonchev–Trinajstić information content (AvgIpc) is 3.01. The van der Waals surface area contributed by atoms with Gasteiger partial charge in [0.05, 0.1) is 25.7 Å². The van der Waals surface area contributed by atoms with Crippen LogP contribution < -0.4 is 0 Å². The van der Waals surface area contributed by atoms with Crippen molar-refractivity contribution in [3.8, 4) is 0 Å². The zero-order chi connectivity index (χ0) is 17.6. The molecule has 0 spiro atoms. The topological polar surface area (TPSA) is 71.7 Å². The minimum atomic E-state index is -0.0863. The number of ether oxygens (including phenoxy) is 1. The van der Waals surface area contributed by atoms with Crippen molar-refractivity contribution in [1.29, 1.82) is 0 Å². The van der Waals surface area contributed by atoms with Gasteiger partial charge in [0, 0.05) is 33.6 Å². The Morgan fingerprint density at radius 2 is 2.12 bits per heavy atom. The van der Waals surface area contributed by atoms with Crippen molar-refractivity contribution in [2.24, 2.45) is 0 Å². The van der Waals surface area contributed by atoms with Crippen LogP contribution in [0.5, 0.6) is 0 Å². The van der Waals surface area contributed by atoms with Gasteiger partial charge in [-0.3, -0.25) is 9.69 Å². The second kappa shape index (κ2) is 8.22. The van der Waals surface area contributed by atoms with Crippen molar-refractivity contribution in [3.05, 3.63) is 47.7 Å². The van der Waals surface area contributed by atoms with E-state index in [4.69, 9.17) is 9.15 Å². The lowest BCUT2D eigenvalue weighted by Gasteiger charge is -2.33. The third-order valence-electron chi connectivity index (χ3n) is 4.24. The van der Waals surface area contributed by atoms with Gasteiger partial charge in [0.2, 0.25) is 17.7 Å². The summed E-state index contributed by atoms with van der Waals surface area (Å²) in [5, 5.41) is 7.70. The monoisotopic (exact) mass is 344 g/mol. The number of hydrogen-bond donors (Lipinski definition) is 0. The van der Waals surface area contributed by atoms with E-state index in [-0.39, 0.29) is 12.0 Å². The third-order valence-corrected chi connectivity index (χ3v) is 4.24. The Labute approximate surface area is 147 Å². The molecule has 2 aromatic rings. The van der Waals surface area contributed by atoms with Crippen LogP contribution in [0.4, 0.5) is 0 Å². The van der Waals surface area contributed by atoms with E-state index in [0.717, 1.165) is 19.6 Å². The van der Waals surface area contributed by atoms with Crippen LogP contribution in [0, 0.1) is 6.92 Å². The molecular formula is C18H24N4O3. The van der Waals surface area contributed by atoms with Crippen LogP contribution in [0.2, 0.25) is 0 Å². The van der Waals surface area contributed by atoms with Crippen LogP contribution in [-0.4, -0.2) is 58.8 Å². The Hall–Kier alpha value is -2.25. The molecule has 1 aliphatic heterocycles. The number of nitrogens with zero attached hydrogens (tertiary/aromatic N) is 4. The number of aryl methyl sites for hydroxylation is 1. The molecule has 7 heteroatoms. The van der Waals surface area contributed by atoms with Crippen LogP contribution in [0.25, 0.3) is 0 Å². The zero-order valence-corrected chi connectivity index (χ0v) is 14.7. The predicted molar refractivity (Wildman–Crippen MR) is 91.6 cm³/mol. The van der Waals surface area contributed by atoms with Crippen molar-refractivity contribution < 1.29 is 13.9 Å². The van der Waals surface area contributed by atoms with E-state index in [9.17, 15) is 4.79 Å². The predicted octanol–water partition coefficient (Wildman–Crippen LogP) is 1.63. The van der Waals surface area contributed by atoms with E-state index in [1.165, 1.54) is 5.56 Å². The molecule has 1 atom stereocenters. The van der Waals surface area contributed by atoms with Crippen molar-refractivity contribution in [2.45, 2.75) is 32.5 Å². The lowest BCUT2D eigenvalue weighted by Crippen LogP contribution is -2.44. The molecule has 1 aromatic carbocycles. The first kappa shape index (κ1) is 17.6. The lowest BCUT2D eigenvalue weighted by molar-refractivity contribution is -0.135. The molecule has 1 saturated heterocycles. The molecule has 7 nitrogen and oxygen atoms in total. The molecule has 0 radical (unpaired) electrons. The Bertz CT molecular complexity index is 689. The van der Waals surface area contributed by atoms with Crippen molar-refractivity contribution in [1.82, 2.24) is 20.0 Å². The molecule has 0 bridgehead atoms. The zero-order valence-electron chi connectivity index (χ0n) is 14.7. The van der Waals surface area contributed by atoms with Gasteiger partial charge in [0.25, 0.3) is 0 Å². The summed E-state index contributed by atoms with van der Waals surface area (Å²) >= 11 is 0. The second-order valence-corrected chi connectivity index (χ2v) is 6.38. The molecule has 1 amide bonds. The van der Waals surface area contributed by atoms with Gasteiger partial charge in [-0.15, -0.1) is 10.2 Å². The fourth-order valence-corrected chi connectivity index (χ4v) is 2.93. The molecule has 2 heterocycles. The van der Waals surface area contributed by atoms with Gasteiger partial charge >= 0.3 is 0 Å². The molecule has 1 fully saturated rings. The van der Waals surface area contributed by atoms with Crippen molar-refractivity contribution >= 4 is 5.91 Å². The minimum absolute atomic E-state index is 0.0161. The van der Waals surface area contributed by atoms with Gasteiger partial charge in [0.15, 0.2) is 0 Å². The number of morpholine rings is 1. The Balaban J connectivity index is 1.48. The van der Waals surface area contributed by atoms with Crippen LogP contribution in [0.1, 0.15) is 23.8 Å². The highest BCUT2D eigenvalue weighted by molar-refractivity contribution is 5.76. The van der Waals surface area contributed by atoms with Gasteiger partial charge in [-0.1, -0.05) is 30.3 Å². The maximum atomic E-state index is 12.4. The van der Waals surface area contributed by atoms with Crippen LogP contribution in [-0.2, 0) is 22.6 Å². The van der Waals surface area contributed by atoms with E-state index in [1.54, 1.807) is 18.9 Å². The largest absolute Gasteiger partial charge is 0.424 e. The van der Waals surface area contributed by atoms with E-state index in [2.05, 4.69) is 27.2 Å². The molecule has 1 aromatic heterocycles. The van der Waals surface area contributed by atoms with E-state index < -0.39 is 0 Å². The van der Waals surface area contributed by atoms with Gasteiger partial charge in [0.1, 0.15) is 0 Å². The van der Waals surface area contributed by atoms with E-state index in [0.29, 0.717) is 31.4 Å². The summed E-state index contributed by atoms with van der Waals surface area (Å²) in [5.41, 5.74) is 1.28. The third kappa shape index (κ3) is 5.11. The number of hydrogen-bond acceptors (Lipinski definition) is 6. The summed E-state index contributed by atoms with van der Waals surface area (Å²) < 4.78 is 11.1. The Kier molecular flexibility index (Phi) is 5.78. The number of aromatic nitrogens is 2. The van der Waals surface area contributed by atoms with E-state index in [1.807, 2.05) is 18.2 Å². The second-order valence-electron chi connectivity index (χ2n) is 6.38. The van der Waals surface area contributed by atoms with Gasteiger partial charge < -0.3 is 14.1 Å².